The second-order valence-electron chi connectivity index (χ2n) is 4.73. The lowest BCUT2D eigenvalue weighted by molar-refractivity contribution is -0.125. The van der Waals surface area contributed by atoms with Gasteiger partial charge in [-0.15, -0.1) is 0 Å². The Balaban J connectivity index is 1.83. The molecule has 0 aliphatic carbocycles. The monoisotopic (exact) mass is 266 g/mol. The molecule has 1 aliphatic heterocycles. The van der Waals surface area contributed by atoms with E-state index in [1.165, 1.54) is 0 Å². The fourth-order valence-electron chi connectivity index (χ4n) is 2.26. The molecule has 0 bridgehead atoms. The van der Waals surface area contributed by atoms with Gasteiger partial charge in [-0.05, 0) is 50.0 Å². The summed E-state index contributed by atoms with van der Waals surface area (Å²) in [7, 11) is 0. The smallest absolute Gasteiger partial charge is 0.223 e. The summed E-state index contributed by atoms with van der Waals surface area (Å²) >= 11 is 5.91. The minimum Gasteiger partial charge on any atom is -0.352 e. The molecule has 1 heterocycles. The lowest BCUT2D eigenvalue weighted by atomic mass is 10.00. The summed E-state index contributed by atoms with van der Waals surface area (Å²) < 4.78 is 0. The Morgan fingerprint density at radius 3 is 3.11 bits per heavy atom. The van der Waals surface area contributed by atoms with Crippen molar-refractivity contribution in [3.8, 4) is 0 Å². The fraction of sp³-hybridized carbons (Fsp3) is 0.500. The third kappa shape index (κ3) is 4.00. The van der Waals surface area contributed by atoms with E-state index in [0.29, 0.717) is 11.6 Å². The van der Waals surface area contributed by atoms with E-state index >= 15 is 0 Å². The highest BCUT2D eigenvalue weighted by molar-refractivity contribution is 6.30. The van der Waals surface area contributed by atoms with Crippen LogP contribution < -0.4 is 10.6 Å². The van der Waals surface area contributed by atoms with Gasteiger partial charge in [-0.1, -0.05) is 23.7 Å². The van der Waals surface area contributed by atoms with E-state index in [9.17, 15) is 4.79 Å². The average Bonchev–Trinajstić information content (AvgIpc) is 2.65. The van der Waals surface area contributed by atoms with E-state index in [0.717, 1.165) is 37.9 Å². The summed E-state index contributed by atoms with van der Waals surface area (Å²) in [6, 6.07) is 7.60. The number of amides is 1. The van der Waals surface area contributed by atoms with Gasteiger partial charge in [0, 0.05) is 17.5 Å². The van der Waals surface area contributed by atoms with Crippen LogP contribution in [0.1, 0.15) is 24.8 Å². The quantitative estimate of drug-likeness (QED) is 0.882. The fourth-order valence-corrected chi connectivity index (χ4v) is 2.47. The summed E-state index contributed by atoms with van der Waals surface area (Å²) in [4.78, 5) is 12.0. The van der Waals surface area contributed by atoms with Crippen LogP contribution in [0.2, 0.25) is 5.02 Å². The van der Waals surface area contributed by atoms with Crippen molar-refractivity contribution >= 4 is 17.5 Å². The van der Waals surface area contributed by atoms with Gasteiger partial charge < -0.3 is 10.6 Å². The zero-order valence-electron chi connectivity index (χ0n) is 10.4. The number of halogens is 1. The molecular weight excluding hydrogens is 248 g/mol. The highest BCUT2D eigenvalue weighted by Gasteiger charge is 2.19. The molecule has 2 rings (SSSR count). The number of hydrogen-bond donors (Lipinski definition) is 2. The third-order valence-corrected chi connectivity index (χ3v) is 3.54. The van der Waals surface area contributed by atoms with Crippen molar-refractivity contribution in [3.05, 3.63) is 34.9 Å². The van der Waals surface area contributed by atoms with Gasteiger partial charge >= 0.3 is 0 Å². The first-order chi connectivity index (χ1) is 8.75. The molecule has 98 valence electrons. The van der Waals surface area contributed by atoms with Crippen LogP contribution in [-0.2, 0) is 11.3 Å². The molecule has 0 aromatic heterocycles. The Hall–Kier alpha value is -1.06. The number of hydrogen-bond acceptors (Lipinski definition) is 2. The number of benzene rings is 1. The lowest BCUT2D eigenvalue weighted by Crippen LogP contribution is -2.30. The molecule has 0 radical (unpaired) electrons. The maximum atomic E-state index is 12.0. The Morgan fingerprint density at radius 2 is 2.28 bits per heavy atom. The lowest BCUT2D eigenvalue weighted by Gasteiger charge is -2.13. The molecule has 1 saturated heterocycles. The van der Waals surface area contributed by atoms with E-state index < -0.39 is 0 Å². The van der Waals surface area contributed by atoms with E-state index in [-0.39, 0.29) is 11.8 Å². The molecule has 1 aliphatic rings. The highest BCUT2D eigenvalue weighted by Crippen LogP contribution is 2.14. The van der Waals surface area contributed by atoms with Crippen LogP contribution in [0.4, 0.5) is 0 Å². The SMILES string of the molecule is O=C(NCc1cccc(Cl)c1)[C@H]1CCCNCC1. The summed E-state index contributed by atoms with van der Waals surface area (Å²) in [6.45, 7) is 2.52. The second kappa shape index (κ2) is 6.76. The van der Waals surface area contributed by atoms with Crippen molar-refractivity contribution in [2.75, 3.05) is 13.1 Å². The van der Waals surface area contributed by atoms with Crippen molar-refractivity contribution in [2.45, 2.75) is 25.8 Å². The summed E-state index contributed by atoms with van der Waals surface area (Å²) in [5.74, 6) is 0.317. The molecule has 1 atom stereocenters. The maximum Gasteiger partial charge on any atom is 0.223 e. The molecule has 4 heteroatoms. The van der Waals surface area contributed by atoms with Crippen LogP contribution in [0, 0.1) is 5.92 Å². The molecule has 3 nitrogen and oxygen atoms in total. The molecule has 0 saturated carbocycles. The normalized spacial score (nSPS) is 20.2. The van der Waals surface area contributed by atoms with Gasteiger partial charge in [0.15, 0.2) is 0 Å². The van der Waals surface area contributed by atoms with E-state index in [1.54, 1.807) is 0 Å². The first-order valence-electron chi connectivity index (χ1n) is 6.48. The van der Waals surface area contributed by atoms with Crippen LogP contribution >= 0.6 is 11.6 Å². The number of rotatable bonds is 3. The number of nitrogens with one attached hydrogen (secondary N) is 2. The van der Waals surface area contributed by atoms with Crippen LogP contribution in [0.15, 0.2) is 24.3 Å². The zero-order chi connectivity index (χ0) is 12.8. The Labute approximate surface area is 113 Å². The van der Waals surface area contributed by atoms with E-state index in [4.69, 9.17) is 11.6 Å². The van der Waals surface area contributed by atoms with Crippen molar-refractivity contribution in [1.82, 2.24) is 10.6 Å². The molecule has 1 amide bonds. The Morgan fingerprint density at radius 1 is 1.39 bits per heavy atom. The Bertz CT molecular complexity index is 401. The molecule has 1 fully saturated rings. The van der Waals surface area contributed by atoms with Gasteiger partial charge in [0.1, 0.15) is 0 Å². The largest absolute Gasteiger partial charge is 0.352 e. The molecule has 0 spiro atoms. The third-order valence-electron chi connectivity index (χ3n) is 3.30. The molecule has 1 aromatic carbocycles. The average molecular weight is 267 g/mol. The van der Waals surface area contributed by atoms with Gasteiger partial charge in [-0.3, -0.25) is 4.79 Å². The van der Waals surface area contributed by atoms with Crippen molar-refractivity contribution in [2.24, 2.45) is 5.92 Å². The topological polar surface area (TPSA) is 41.1 Å². The van der Waals surface area contributed by atoms with Gasteiger partial charge in [0.25, 0.3) is 0 Å². The van der Waals surface area contributed by atoms with E-state index in [2.05, 4.69) is 10.6 Å². The Kier molecular flexibility index (Phi) is 5.02. The molecule has 18 heavy (non-hydrogen) atoms. The van der Waals surface area contributed by atoms with Crippen LogP contribution in [0.25, 0.3) is 0 Å². The minimum absolute atomic E-state index is 0.152. The van der Waals surface area contributed by atoms with Gasteiger partial charge in [0.2, 0.25) is 5.91 Å². The zero-order valence-corrected chi connectivity index (χ0v) is 11.2. The summed E-state index contributed by atoms with van der Waals surface area (Å²) in [5.41, 5.74) is 1.04. The molecule has 0 unspecified atom stereocenters. The summed E-state index contributed by atoms with van der Waals surface area (Å²) in [6.07, 6.45) is 2.99. The van der Waals surface area contributed by atoms with Crippen LogP contribution in [0.5, 0.6) is 0 Å². The van der Waals surface area contributed by atoms with Gasteiger partial charge in [-0.2, -0.15) is 0 Å². The van der Waals surface area contributed by atoms with Crippen LogP contribution in [-0.4, -0.2) is 19.0 Å². The first-order valence-corrected chi connectivity index (χ1v) is 6.86. The van der Waals surface area contributed by atoms with E-state index in [1.807, 2.05) is 24.3 Å². The van der Waals surface area contributed by atoms with Gasteiger partial charge in [0.05, 0.1) is 0 Å². The first kappa shape index (κ1) is 13.4. The predicted octanol–water partition coefficient (Wildman–Crippen LogP) is 2.35. The highest BCUT2D eigenvalue weighted by atomic mass is 35.5. The van der Waals surface area contributed by atoms with Crippen molar-refractivity contribution in [3.63, 3.8) is 0 Å². The standard InChI is InChI=1S/C14H19ClN2O/c15-13-5-1-3-11(9-13)10-17-14(18)12-4-2-7-16-8-6-12/h1,3,5,9,12,16H,2,4,6-8,10H2,(H,17,18)/t12-/m0/s1. The summed E-state index contributed by atoms with van der Waals surface area (Å²) in [5, 5.41) is 7.02. The maximum absolute atomic E-state index is 12.0. The predicted molar refractivity (Wildman–Crippen MR) is 73.5 cm³/mol. The van der Waals surface area contributed by atoms with Crippen molar-refractivity contribution < 1.29 is 4.79 Å². The molecule has 1 aromatic rings. The number of carbonyl (C=O) groups excluding carboxylic acids is 1. The molecule has 2 N–H and O–H groups in total. The second-order valence-corrected chi connectivity index (χ2v) is 5.16. The van der Waals surface area contributed by atoms with Gasteiger partial charge in [-0.25, -0.2) is 0 Å². The number of carbonyl (C=O) groups is 1. The van der Waals surface area contributed by atoms with Crippen LogP contribution in [0.3, 0.4) is 0 Å². The minimum atomic E-state index is 0.152. The van der Waals surface area contributed by atoms with Crippen molar-refractivity contribution in [1.29, 1.82) is 0 Å². The molecular formula is C14H19ClN2O.